The van der Waals surface area contributed by atoms with Gasteiger partial charge in [-0.25, -0.2) is 4.79 Å². The summed E-state index contributed by atoms with van der Waals surface area (Å²) in [6, 6.07) is 5.24. The van der Waals surface area contributed by atoms with Crippen molar-refractivity contribution in [3.05, 3.63) is 34.9 Å². The Morgan fingerprint density at radius 3 is 2.50 bits per heavy atom. The molecule has 1 atom stereocenters. The van der Waals surface area contributed by atoms with Gasteiger partial charge in [-0.15, -0.1) is 0 Å². The van der Waals surface area contributed by atoms with Crippen molar-refractivity contribution in [1.82, 2.24) is 0 Å². The topological polar surface area (TPSA) is 74.6 Å². The fourth-order valence-corrected chi connectivity index (χ4v) is 2.34. The first-order valence-electron chi connectivity index (χ1n) is 6.04. The Labute approximate surface area is 105 Å². The largest absolute Gasteiger partial charge is 0.481 e. The average Bonchev–Trinajstić information content (AvgIpc) is 3.10. The van der Waals surface area contributed by atoms with Crippen LogP contribution in [0.5, 0.6) is 0 Å². The maximum atomic E-state index is 11.1. The highest BCUT2D eigenvalue weighted by atomic mass is 16.4. The summed E-state index contributed by atoms with van der Waals surface area (Å²) >= 11 is 0. The molecule has 0 amide bonds. The van der Waals surface area contributed by atoms with Crippen LogP contribution in [0.2, 0.25) is 0 Å². The summed E-state index contributed by atoms with van der Waals surface area (Å²) in [5.41, 5.74) is 1.81. The summed E-state index contributed by atoms with van der Waals surface area (Å²) in [4.78, 5) is 22.0. The van der Waals surface area contributed by atoms with Crippen molar-refractivity contribution < 1.29 is 19.8 Å². The van der Waals surface area contributed by atoms with Gasteiger partial charge in [-0.1, -0.05) is 12.1 Å². The number of hydrogen-bond donors (Lipinski definition) is 2. The average molecular weight is 248 g/mol. The van der Waals surface area contributed by atoms with E-state index in [1.165, 1.54) is 0 Å². The quantitative estimate of drug-likeness (QED) is 0.840. The van der Waals surface area contributed by atoms with Crippen LogP contribution in [0.25, 0.3) is 0 Å². The number of hydrogen-bond acceptors (Lipinski definition) is 2. The van der Waals surface area contributed by atoms with Gasteiger partial charge in [0.05, 0.1) is 12.0 Å². The lowest BCUT2D eigenvalue weighted by Gasteiger charge is -2.15. The maximum absolute atomic E-state index is 11.1. The predicted molar refractivity (Wildman–Crippen MR) is 65.9 cm³/mol. The van der Waals surface area contributed by atoms with E-state index in [0.717, 1.165) is 18.4 Å². The third-order valence-electron chi connectivity index (χ3n) is 3.51. The zero-order valence-electron chi connectivity index (χ0n) is 10.2. The molecule has 0 saturated heterocycles. The van der Waals surface area contributed by atoms with E-state index in [9.17, 15) is 9.59 Å². The van der Waals surface area contributed by atoms with Gasteiger partial charge in [0.2, 0.25) is 0 Å². The number of carboxylic acids is 2. The molecule has 1 unspecified atom stereocenters. The minimum atomic E-state index is -0.959. The fraction of sp³-hybridized carbons (Fsp3) is 0.429. The Balaban J connectivity index is 2.32. The number of aryl methyl sites for hydroxylation is 1. The summed E-state index contributed by atoms with van der Waals surface area (Å²) in [6.45, 7) is 1.75. The lowest BCUT2D eigenvalue weighted by Crippen LogP contribution is -2.10. The number of benzene rings is 1. The van der Waals surface area contributed by atoms with Crippen LogP contribution in [0.3, 0.4) is 0 Å². The molecule has 1 aromatic rings. The second-order valence-electron chi connectivity index (χ2n) is 4.92. The molecule has 0 aliphatic heterocycles. The van der Waals surface area contributed by atoms with Crippen LogP contribution in [0, 0.1) is 12.8 Å². The van der Waals surface area contributed by atoms with Crippen molar-refractivity contribution >= 4 is 11.9 Å². The molecular formula is C14H16O4. The first kappa shape index (κ1) is 12.6. The van der Waals surface area contributed by atoms with Crippen LogP contribution < -0.4 is 0 Å². The van der Waals surface area contributed by atoms with Gasteiger partial charge in [-0.3, -0.25) is 4.79 Å². The van der Waals surface area contributed by atoms with E-state index in [2.05, 4.69) is 0 Å². The molecule has 18 heavy (non-hydrogen) atoms. The van der Waals surface area contributed by atoms with E-state index in [1.807, 2.05) is 6.07 Å². The Kier molecular flexibility index (Phi) is 3.36. The molecule has 0 heterocycles. The lowest BCUT2D eigenvalue weighted by molar-refractivity contribution is -0.137. The zero-order chi connectivity index (χ0) is 13.3. The molecule has 96 valence electrons. The Morgan fingerprint density at radius 1 is 1.33 bits per heavy atom. The van der Waals surface area contributed by atoms with E-state index < -0.39 is 11.9 Å². The summed E-state index contributed by atoms with van der Waals surface area (Å²) in [5, 5.41) is 18.0. The normalized spacial score (nSPS) is 16.3. The highest BCUT2D eigenvalue weighted by Crippen LogP contribution is 2.44. The van der Waals surface area contributed by atoms with Gasteiger partial charge in [0, 0.05) is 0 Å². The minimum Gasteiger partial charge on any atom is -0.481 e. The molecule has 4 heteroatoms. The van der Waals surface area contributed by atoms with Crippen molar-refractivity contribution in [2.24, 2.45) is 5.92 Å². The second kappa shape index (κ2) is 4.80. The number of aromatic carboxylic acids is 1. The third-order valence-corrected chi connectivity index (χ3v) is 3.51. The van der Waals surface area contributed by atoms with E-state index in [4.69, 9.17) is 10.2 Å². The molecule has 1 aromatic carbocycles. The molecular weight excluding hydrogens is 232 g/mol. The van der Waals surface area contributed by atoms with Gasteiger partial charge < -0.3 is 10.2 Å². The van der Waals surface area contributed by atoms with Gasteiger partial charge in [0.15, 0.2) is 0 Å². The first-order valence-corrected chi connectivity index (χ1v) is 6.04. The van der Waals surface area contributed by atoms with Crippen LogP contribution >= 0.6 is 0 Å². The van der Waals surface area contributed by atoms with Crippen LogP contribution in [-0.2, 0) is 4.79 Å². The number of carbonyl (C=O) groups is 2. The maximum Gasteiger partial charge on any atom is 0.335 e. The predicted octanol–water partition coefficient (Wildman–Crippen LogP) is 2.66. The number of carboxylic acid groups (broad SMARTS) is 2. The molecule has 1 saturated carbocycles. The highest BCUT2D eigenvalue weighted by Gasteiger charge is 2.34. The summed E-state index contributed by atoms with van der Waals surface area (Å²) in [5.74, 6) is -1.45. The Morgan fingerprint density at radius 2 is 2.00 bits per heavy atom. The van der Waals surface area contributed by atoms with Gasteiger partial charge in [0.25, 0.3) is 0 Å². The summed E-state index contributed by atoms with van der Waals surface area (Å²) < 4.78 is 0. The van der Waals surface area contributed by atoms with Crippen LogP contribution in [0.4, 0.5) is 0 Å². The fourth-order valence-electron chi connectivity index (χ4n) is 2.34. The molecule has 0 spiro atoms. The molecule has 2 rings (SSSR count). The SMILES string of the molecule is Cc1ccc(C(CC(=O)O)C2CC2)cc1C(=O)O. The lowest BCUT2D eigenvalue weighted by atomic mass is 9.89. The first-order chi connectivity index (χ1) is 8.49. The van der Waals surface area contributed by atoms with E-state index >= 15 is 0 Å². The van der Waals surface area contributed by atoms with Crippen LogP contribution in [-0.4, -0.2) is 22.2 Å². The third kappa shape index (κ3) is 2.70. The molecule has 1 fully saturated rings. The standard InChI is InChI=1S/C14H16O4/c1-8-2-3-10(6-11(8)14(17)18)12(7-13(15)16)9-4-5-9/h2-3,6,9,12H,4-5,7H2,1H3,(H,15,16)(H,17,18). The summed E-state index contributed by atoms with van der Waals surface area (Å²) in [7, 11) is 0. The molecule has 2 N–H and O–H groups in total. The molecule has 4 nitrogen and oxygen atoms in total. The van der Waals surface area contributed by atoms with Crippen molar-refractivity contribution in [1.29, 1.82) is 0 Å². The molecule has 1 aliphatic carbocycles. The van der Waals surface area contributed by atoms with Gasteiger partial charge in [-0.05, 0) is 48.8 Å². The molecule has 0 radical (unpaired) electrons. The van der Waals surface area contributed by atoms with Crippen molar-refractivity contribution in [3.8, 4) is 0 Å². The smallest absolute Gasteiger partial charge is 0.335 e. The van der Waals surface area contributed by atoms with Gasteiger partial charge in [0.1, 0.15) is 0 Å². The minimum absolute atomic E-state index is 0.0544. The Bertz CT molecular complexity index is 489. The number of rotatable bonds is 5. The van der Waals surface area contributed by atoms with Crippen molar-refractivity contribution in [2.75, 3.05) is 0 Å². The van der Waals surface area contributed by atoms with E-state index in [1.54, 1.807) is 19.1 Å². The zero-order valence-corrected chi connectivity index (χ0v) is 10.2. The Hall–Kier alpha value is -1.84. The van der Waals surface area contributed by atoms with Crippen molar-refractivity contribution in [2.45, 2.75) is 32.1 Å². The monoisotopic (exact) mass is 248 g/mol. The van der Waals surface area contributed by atoms with Crippen molar-refractivity contribution in [3.63, 3.8) is 0 Å². The van der Waals surface area contributed by atoms with Crippen LogP contribution in [0.15, 0.2) is 18.2 Å². The van der Waals surface area contributed by atoms with Gasteiger partial charge in [-0.2, -0.15) is 0 Å². The second-order valence-corrected chi connectivity index (χ2v) is 4.92. The molecule has 0 bridgehead atoms. The highest BCUT2D eigenvalue weighted by molar-refractivity contribution is 5.89. The van der Waals surface area contributed by atoms with Crippen LogP contribution in [0.1, 0.15) is 46.7 Å². The number of aliphatic carboxylic acids is 1. The van der Waals surface area contributed by atoms with E-state index in [0.29, 0.717) is 11.5 Å². The van der Waals surface area contributed by atoms with Gasteiger partial charge >= 0.3 is 11.9 Å². The molecule has 0 aromatic heterocycles. The summed E-state index contributed by atoms with van der Waals surface area (Å²) in [6.07, 6.45) is 2.15. The van der Waals surface area contributed by atoms with E-state index in [-0.39, 0.29) is 17.9 Å². The molecule has 1 aliphatic rings.